The summed E-state index contributed by atoms with van der Waals surface area (Å²) in [5.74, 6) is -2.13. The molecule has 0 atom stereocenters. The molecule has 0 aliphatic carbocycles. The van der Waals surface area contributed by atoms with E-state index in [1.165, 1.54) is 6.07 Å². The molecule has 0 radical (unpaired) electrons. The molecular weight excluding hydrogens is 468 g/mol. The lowest BCUT2D eigenvalue weighted by atomic mass is 10.2. The first-order valence-corrected chi connectivity index (χ1v) is 8.53. The minimum absolute atomic E-state index is 0.00381. The number of rotatable bonds is 4. The summed E-state index contributed by atoms with van der Waals surface area (Å²) in [6.07, 6.45) is -9.58. The number of ether oxygens (including phenoxy) is 1. The number of carbonyl (C=O) groups is 1. The highest BCUT2D eigenvalue weighted by Crippen LogP contribution is 2.37. The number of carbonyl (C=O) groups excluding carboxylic acids is 1. The topological polar surface area (TPSA) is 38.3 Å². The molecule has 1 amide bonds. The Labute approximate surface area is 162 Å². The van der Waals surface area contributed by atoms with Crippen LogP contribution in [0, 0.1) is 0 Å². The zero-order chi connectivity index (χ0) is 20.4. The zero-order valence-electron chi connectivity index (χ0n) is 13.0. The van der Waals surface area contributed by atoms with Crippen molar-refractivity contribution in [3.05, 3.63) is 52.5 Å². The molecule has 0 saturated carbocycles. The first-order chi connectivity index (χ1) is 12.4. The first kappa shape index (κ1) is 21.4. The predicted octanol–water partition coefficient (Wildman–Crippen LogP) is 6.55. The fourth-order valence-corrected chi connectivity index (χ4v) is 2.60. The molecule has 2 aromatic carbocycles. The van der Waals surface area contributed by atoms with Crippen molar-refractivity contribution >= 4 is 39.1 Å². The van der Waals surface area contributed by atoms with E-state index in [4.69, 9.17) is 16.3 Å². The Morgan fingerprint density at radius 1 is 1.07 bits per heavy atom. The van der Waals surface area contributed by atoms with E-state index in [1.807, 2.05) is 0 Å². The van der Waals surface area contributed by atoms with Gasteiger partial charge in [-0.15, -0.1) is 0 Å². The van der Waals surface area contributed by atoms with Gasteiger partial charge in [0, 0.05) is 11.0 Å². The van der Waals surface area contributed by atoms with Crippen molar-refractivity contribution in [2.24, 2.45) is 0 Å². The van der Waals surface area contributed by atoms with Crippen molar-refractivity contribution in [2.75, 3.05) is 5.32 Å². The molecule has 27 heavy (non-hydrogen) atoms. The highest BCUT2D eigenvalue weighted by Gasteiger charge is 2.39. The average molecular weight is 477 g/mol. The summed E-state index contributed by atoms with van der Waals surface area (Å²) in [4.78, 5) is 11.1. The second-order valence-corrected chi connectivity index (χ2v) is 6.12. The standard InChI is InChI=1S/C16H9BrClF6NO2/c17-7-8-5-13(11(18)6-12(8)25-14(26)16(22,23)24)27-10-3-1-9(2-4-10)15(19,20)21/h1-6H,7H2,(H,25,26). The van der Waals surface area contributed by atoms with E-state index in [-0.39, 0.29) is 33.1 Å². The van der Waals surface area contributed by atoms with Crippen LogP contribution >= 0.6 is 27.5 Å². The number of anilines is 1. The smallest absolute Gasteiger partial charge is 0.456 e. The predicted molar refractivity (Wildman–Crippen MR) is 90.3 cm³/mol. The van der Waals surface area contributed by atoms with Crippen LogP contribution in [-0.2, 0) is 16.3 Å². The van der Waals surface area contributed by atoms with Crippen LogP contribution < -0.4 is 10.1 Å². The van der Waals surface area contributed by atoms with Crippen molar-refractivity contribution in [1.29, 1.82) is 0 Å². The fraction of sp³-hybridized carbons (Fsp3) is 0.188. The number of hydrogen-bond acceptors (Lipinski definition) is 2. The molecule has 2 rings (SSSR count). The van der Waals surface area contributed by atoms with Crippen molar-refractivity contribution in [3.8, 4) is 11.5 Å². The molecule has 0 heterocycles. The molecule has 0 aliphatic heterocycles. The molecule has 2 aromatic rings. The Balaban J connectivity index is 2.27. The van der Waals surface area contributed by atoms with Crippen LogP contribution in [0.15, 0.2) is 36.4 Å². The summed E-state index contributed by atoms with van der Waals surface area (Å²) in [7, 11) is 0. The monoisotopic (exact) mass is 475 g/mol. The van der Waals surface area contributed by atoms with Gasteiger partial charge in [0.05, 0.1) is 10.6 Å². The lowest BCUT2D eigenvalue weighted by Gasteiger charge is -2.15. The lowest BCUT2D eigenvalue weighted by Crippen LogP contribution is -2.30. The van der Waals surface area contributed by atoms with Gasteiger partial charge in [-0.05, 0) is 42.0 Å². The summed E-state index contributed by atoms with van der Waals surface area (Å²) in [5.41, 5.74) is -0.829. The van der Waals surface area contributed by atoms with Crippen LogP contribution in [0.2, 0.25) is 5.02 Å². The van der Waals surface area contributed by atoms with Gasteiger partial charge in [0.1, 0.15) is 11.5 Å². The summed E-state index contributed by atoms with van der Waals surface area (Å²) in [5, 5.41) is 1.61. The first-order valence-electron chi connectivity index (χ1n) is 7.03. The van der Waals surface area contributed by atoms with Crippen molar-refractivity contribution in [2.45, 2.75) is 17.7 Å². The minimum Gasteiger partial charge on any atom is -0.456 e. The van der Waals surface area contributed by atoms with E-state index >= 15 is 0 Å². The van der Waals surface area contributed by atoms with Gasteiger partial charge in [-0.3, -0.25) is 4.79 Å². The summed E-state index contributed by atoms with van der Waals surface area (Å²) < 4.78 is 80.3. The molecule has 0 unspecified atom stereocenters. The van der Waals surface area contributed by atoms with Gasteiger partial charge in [-0.1, -0.05) is 27.5 Å². The van der Waals surface area contributed by atoms with Gasteiger partial charge in [0.2, 0.25) is 0 Å². The molecule has 0 aromatic heterocycles. The highest BCUT2D eigenvalue weighted by atomic mass is 79.9. The SMILES string of the molecule is O=C(Nc1cc(Cl)c(Oc2ccc(C(F)(F)F)cc2)cc1CBr)C(F)(F)F. The summed E-state index contributed by atoms with van der Waals surface area (Å²) >= 11 is 9.03. The number of amides is 1. The summed E-state index contributed by atoms with van der Waals surface area (Å²) in [6.45, 7) is 0. The van der Waals surface area contributed by atoms with Crippen LogP contribution in [0.25, 0.3) is 0 Å². The van der Waals surface area contributed by atoms with Gasteiger partial charge in [-0.25, -0.2) is 0 Å². The normalized spacial score (nSPS) is 12.0. The van der Waals surface area contributed by atoms with Crippen LogP contribution in [0.3, 0.4) is 0 Å². The van der Waals surface area contributed by atoms with Crippen LogP contribution in [0.4, 0.5) is 32.0 Å². The van der Waals surface area contributed by atoms with E-state index in [1.54, 1.807) is 5.32 Å². The molecule has 3 nitrogen and oxygen atoms in total. The van der Waals surface area contributed by atoms with E-state index < -0.39 is 23.8 Å². The van der Waals surface area contributed by atoms with Crippen LogP contribution in [0.5, 0.6) is 11.5 Å². The molecule has 1 N–H and O–H groups in total. The second kappa shape index (κ2) is 7.97. The third-order valence-corrected chi connectivity index (χ3v) is 4.12. The maximum absolute atomic E-state index is 12.6. The number of alkyl halides is 7. The number of nitrogens with one attached hydrogen (secondary N) is 1. The molecule has 0 spiro atoms. The Hall–Kier alpha value is -1.94. The molecule has 0 bridgehead atoms. The molecule has 146 valence electrons. The Morgan fingerprint density at radius 3 is 2.15 bits per heavy atom. The van der Waals surface area contributed by atoms with Crippen molar-refractivity contribution in [3.63, 3.8) is 0 Å². The maximum Gasteiger partial charge on any atom is 0.471 e. The van der Waals surface area contributed by atoms with Crippen LogP contribution in [0.1, 0.15) is 11.1 Å². The highest BCUT2D eigenvalue weighted by molar-refractivity contribution is 9.08. The van der Waals surface area contributed by atoms with E-state index in [0.717, 1.165) is 30.3 Å². The van der Waals surface area contributed by atoms with Crippen molar-refractivity contribution in [1.82, 2.24) is 0 Å². The van der Waals surface area contributed by atoms with Gasteiger partial charge >= 0.3 is 18.3 Å². The minimum atomic E-state index is -5.08. The van der Waals surface area contributed by atoms with E-state index in [2.05, 4.69) is 15.9 Å². The van der Waals surface area contributed by atoms with Gasteiger partial charge in [0.25, 0.3) is 0 Å². The summed E-state index contributed by atoms with van der Waals surface area (Å²) in [6, 6.07) is 6.10. The van der Waals surface area contributed by atoms with Gasteiger partial charge in [-0.2, -0.15) is 26.3 Å². The average Bonchev–Trinajstić information content (AvgIpc) is 2.56. The Bertz CT molecular complexity index is 837. The quantitative estimate of drug-likeness (QED) is 0.402. The third kappa shape index (κ3) is 5.52. The fourth-order valence-electron chi connectivity index (χ4n) is 1.93. The zero-order valence-corrected chi connectivity index (χ0v) is 15.4. The number of hydrogen-bond donors (Lipinski definition) is 1. The molecule has 0 aliphatic rings. The molecule has 11 heteroatoms. The van der Waals surface area contributed by atoms with Gasteiger partial charge < -0.3 is 10.1 Å². The van der Waals surface area contributed by atoms with Crippen molar-refractivity contribution < 1.29 is 35.9 Å². The number of benzene rings is 2. The molecule has 0 fully saturated rings. The molecule has 0 saturated heterocycles. The third-order valence-electron chi connectivity index (χ3n) is 3.22. The van der Waals surface area contributed by atoms with E-state index in [9.17, 15) is 31.1 Å². The maximum atomic E-state index is 12.6. The Kier molecular flexibility index (Phi) is 6.31. The Morgan fingerprint density at radius 2 is 1.67 bits per heavy atom. The molecular formula is C16H9BrClF6NO2. The van der Waals surface area contributed by atoms with Crippen LogP contribution in [-0.4, -0.2) is 12.1 Å². The largest absolute Gasteiger partial charge is 0.471 e. The lowest BCUT2D eigenvalue weighted by molar-refractivity contribution is -0.167. The van der Waals surface area contributed by atoms with Gasteiger partial charge in [0.15, 0.2) is 0 Å². The number of halogens is 8. The van der Waals surface area contributed by atoms with E-state index in [0.29, 0.717) is 0 Å². The second-order valence-electron chi connectivity index (χ2n) is 5.15.